The average molecular weight is 377 g/mol. The zero-order chi connectivity index (χ0) is 19.3. The summed E-state index contributed by atoms with van der Waals surface area (Å²) in [6, 6.07) is 2.67. The predicted molar refractivity (Wildman–Crippen MR) is 85.4 cm³/mol. The monoisotopic (exact) mass is 377 g/mol. The van der Waals surface area contributed by atoms with Crippen molar-refractivity contribution >= 4 is 17.7 Å². The van der Waals surface area contributed by atoms with Gasteiger partial charge in [0, 0.05) is 13.1 Å². The van der Waals surface area contributed by atoms with Crippen molar-refractivity contribution in [3.63, 3.8) is 0 Å². The summed E-state index contributed by atoms with van der Waals surface area (Å²) < 4.78 is 55.3. The third-order valence-corrected chi connectivity index (χ3v) is 3.96. The van der Waals surface area contributed by atoms with E-state index in [1.165, 1.54) is 18.1 Å². The minimum Gasteiger partial charge on any atom is -0.465 e. The molecular weight excluding hydrogens is 358 g/mol. The Bertz CT molecular complexity index is 667. The Morgan fingerprint density at radius 3 is 2.73 bits per heavy atom. The number of carbonyl (C=O) groups is 2. The van der Waals surface area contributed by atoms with Gasteiger partial charge in [-0.05, 0) is 37.1 Å². The molecule has 1 saturated heterocycles. The molecule has 0 saturated carbocycles. The molecule has 0 radical (unpaired) electrons. The van der Waals surface area contributed by atoms with Crippen molar-refractivity contribution < 1.29 is 31.9 Å². The Balaban J connectivity index is 1.83. The van der Waals surface area contributed by atoms with Crippen LogP contribution in [0.1, 0.15) is 16.8 Å². The van der Waals surface area contributed by atoms with Gasteiger partial charge in [-0.3, -0.25) is 4.90 Å². The Morgan fingerprint density at radius 2 is 2.08 bits per heavy atom. The molecule has 1 atom stereocenters. The van der Waals surface area contributed by atoms with Crippen LogP contribution in [-0.4, -0.2) is 56.4 Å². The maximum Gasteiger partial charge on any atom is 0.401 e. The zero-order valence-electron chi connectivity index (χ0n) is 14.0. The van der Waals surface area contributed by atoms with Gasteiger partial charge in [-0.2, -0.15) is 13.2 Å². The number of amides is 2. The van der Waals surface area contributed by atoms with Crippen molar-refractivity contribution in [1.82, 2.24) is 10.2 Å². The van der Waals surface area contributed by atoms with Crippen LogP contribution in [0.4, 0.5) is 28.0 Å². The highest BCUT2D eigenvalue weighted by Gasteiger charge is 2.34. The summed E-state index contributed by atoms with van der Waals surface area (Å²) in [6.45, 7) is -0.269. The number of likely N-dealkylation sites (tertiary alicyclic amines) is 1. The summed E-state index contributed by atoms with van der Waals surface area (Å²) in [6.07, 6.45) is -3.72. The maximum atomic E-state index is 13.7. The first-order valence-corrected chi connectivity index (χ1v) is 7.90. The van der Waals surface area contributed by atoms with E-state index in [4.69, 9.17) is 0 Å². The lowest BCUT2D eigenvalue weighted by molar-refractivity contribution is -0.143. The van der Waals surface area contributed by atoms with Crippen molar-refractivity contribution in [1.29, 1.82) is 0 Å². The lowest BCUT2D eigenvalue weighted by Gasteiger charge is -2.18. The molecule has 26 heavy (non-hydrogen) atoms. The van der Waals surface area contributed by atoms with Crippen LogP contribution in [0.3, 0.4) is 0 Å². The van der Waals surface area contributed by atoms with Crippen molar-refractivity contribution in [3.05, 3.63) is 29.6 Å². The molecule has 2 amide bonds. The number of benzene rings is 1. The number of nitrogens with zero attached hydrogens (tertiary/aromatic N) is 1. The number of methoxy groups -OCH3 is 1. The van der Waals surface area contributed by atoms with E-state index < -0.39 is 30.5 Å². The largest absolute Gasteiger partial charge is 0.465 e. The summed E-state index contributed by atoms with van der Waals surface area (Å²) in [5, 5.41) is 4.78. The van der Waals surface area contributed by atoms with Crippen LogP contribution < -0.4 is 10.6 Å². The van der Waals surface area contributed by atoms with Gasteiger partial charge in [-0.25, -0.2) is 14.0 Å². The third kappa shape index (κ3) is 5.87. The molecule has 1 heterocycles. The highest BCUT2D eigenvalue weighted by Crippen LogP contribution is 2.22. The van der Waals surface area contributed by atoms with Gasteiger partial charge in [0.1, 0.15) is 5.82 Å². The Hall–Kier alpha value is -2.36. The molecule has 1 aliphatic heterocycles. The van der Waals surface area contributed by atoms with Gasteiger partial charge in [0.25, 0.3) is 0 Å². The van der Waals surface area contributed by atoms with Crippen LogP contribution >= 0.6 is 0 Å². The molecule has 2 rings (SSSR count). The number of nitrogens with one attached hydrogen (secondary N) is 2. The number of alkyl halides is 3. The fourth-order valence-corrected chi connectivity index (χ4v) is 2.75. The van der Waals surface area contributed by atoms with Crippen LogP contribution in [0, 0.1) is 11.7 Å². The molecule has 0 bridgehead atoms. The number of hydrogen-bond acceptors (Lipinski definition) is 4. The molecule has 6 nitrogen and oxygen atoms in total. The quantitative estimate of drug-likeness (QED) is 0.611. The van der Waals surface area contributed by atoms with E-state index in [0.29, 0.717) is 13.0 Å². The summed E-state index contributed by atoms with van der Waals surface area (Å²) in [7, 11) is 1.18. The van der Waals surface area contributed by atoms with E-state index in [0.717, 1.165) is 12.1 Å². The molecule has 1 aliphatic rings. The van der Waals surface area contributed by atoms with E-state index in [1.54, 1.807) is 0 Å². The molecule has 0 aliphatic carbocycles. The second kappa shape index (κ2) is 8.35. The van der Waals surface area contributed by atoms with Gasteiger partial charge < -0.3 is 15.4 Å². The minimum absolute atomic E-state index is 0.0720. The fourth-order valence-electron chi connectivity index (χ4n) is 2.75. The number of anilines is 1. The van der Waals surface area contributed by atoms with E-state index in [2.05, 4.69) is 15.4 Å². The first-order valence-electron chi connectivity index (χ1n) is 7.90. The number of rotatable bonds is 5. The predicted octanol–water partition coefficient (Wildman–Crippen LogP) is 2.62. The molecule has 2 N–H and O–H groups in total. The lowest BCUT2D eigenvalue weighted by atomic mass is 10.1. The Labute approximate surface area is 147 Å². The van der Waals surface area contributed by atoms with E-state index in [-0.39, 0.29) is 30.3 Å². The van der Waals surface area contributed by atoms with Gasteiger partial charge >= 0.3 is 18.2 Å². The van der Waals surface area contributed by atoms with Gasteiger partial charge in [0.15, 0.2) is 0 Å². The molecule has 10 heteroatoms. The Kier molecular flexibility index (Phi) is 6.41. The molecule has 1 aromatic carbocycles. The second-order valence-corrected chi connectivity index (χ2v) is 6.03. The highest BCUT2D eigenvalue weighted by atomic mass is 19.4. The van der Waals surface area contributed by atoms with Crippen molar-refractivity contribution in [2.45, 2.75) is 12.6 Å². The number of urea groups is 1. The topological polar surface area (TPSA) is 70.7 Å². The smallest absolute Gasteiger partial charge is 0.401 e. The number of halogens is 4. The molecule has 1 aromatic rings. The van der Waals surface area contributed by atoms with Crippen LogP contribution in [0.25, 0.3) is 0 Å². The fraction of sp³-hybridized carbons (Fsp3) is 0.500. The van der Waals surface area contributed by atoms with Crippen molar-refractivity contribution in [2.75, 3.05) is 38.6 Å². The molecule has 1 unspecified atom stereocenters. The first-order chi connectivity index (χ1) is 12.2. The summed E-state index contributed by atoms with van der Waals surface area (Å²) >= 11 is 0. The van der Waals surface area contributed by atoms with E-state index in [1.807, 2.05) is 0 Å². The van der Waals surface area contributed by atoms with Gasteiger partial charge in [-0.1, -0.05) is 0 Å². The molecular formula is C16H19F4N3O3. The van der Waals surface area contributed by atoms with Crippen LogP contribution in [-0.2, 0) is 4.74 Å². The Morgan fingerprint density at radius 1 is 1.35 bits per heavy atom. The normalized spacial score (nSPS) is 17.8. The number of hydrogen-bond donors (Lipinski definition) is 2. The van der Waals surface area contributed by atoms with Crippen LogP contribution in [0.15, 0.2) is 18.2 Å². The minimum atomic E-state index is -4.25. The van der Waals surface area contributed by atoms with Gasteiger partial charge in [0.05, 0.1) is 24.9 Å². The molecule has 1 fully saturated rings. The van der Waals surface area contributed by atoms with E-state index in [9.17, 15) is 27.2 Å². The van der Waals surface area contributed by atoms with Crippen LogP contribution in [0.2, 0.25) is 0 Å². The summed E-state index contributed by atoms with van der Waals surface area (Å²) in [5.74, 6) is -1.52. The van der Waals surface area contributed by atoms with Gasteiger partial charge in [0.2, 0.25) is 0 Å². The van der Waals surface area contributed by atoms with E-state index >= 15 is 0 Å². The van der Waals surface area contributed by atoms with Crippen LogP contribution in [0.5, 0.6) is 0 Å². The maximum absolute atomic E-state index is 13.7. The zero-order valence-corrected chi connectivity index (χ0v) is 14.0. The number of ether oxygens (including phenoxy) is 1. The standard InChI is InChI=1S/C16H19F4N3O3/c1-26-14(24)11-2-3-12(17)13(6-11)22-15(25)21-7-10-4-5-23(8-10)9-16(18,19)20/h2-3,6,10H,4-5,7-9H2,1H3,(H2,21,22,25). The number of esters is 1. The molecule has 144 valence electrons. The molecule has 0 spiro atoms. The highest BCUT2D eigenvalue weighted by molar-refractivity contribution is 5.94. The second-order valence-electron chi connectivity index (χ2n) is 6.03. The summed E-state index contributed by atoms with van der Waals surface area (Å²) in [5.41, 5.74) is -0.127. The summed E-state index contributed by atoms with van der Waals surface area (Å²) in [4.78, 5) is 24.6. The van der Waals surface area contributed by atoms with Gasteiger partial charge in [-0.15, -0.1) is 0 Å². The lowest BCUT2D eigenvalue weighted by Crippen LogP contribution is -2.36. The van der Waals surface area contributed by atoms with Crippen molar-refractivity contribution in [2.24, 2.45) is 5.92 Å². The van der Waals surface area contributed by atoms with Crippen molar-refractivity contribution in [3.8, 4) is 0 Å². The molecule has 0 aromatic heterocycles. The first kappa shape index (κ1) is 20.0. The third-order valence-electron chi connectivity index (χ3n) is 3.96. The SMILES string of the molecule is COC(=O)c1ccc(F)c(NC(=O)NCC2CCN(CC(F)(F)F)C2)c1. The average Bonchev–Trinajstić information content (AvgIpc) is 2.99. The number of carbonyl (C=O) groups excluding carboxylic acids is 2.